The highest BCUT2D eigenvalue weighted by molar-refractivity contribution is 7.09. The van der Waals surface area contributed by atoms with Crippen molar-refractivity contribution in [1.29, 1.82) is 0 Å². The van der Waals surface area contributed by atoms with Gasteiger partial charge in [-0.25, -0.2) is 19.6 Å². The molecule has 124 valence electrons. The molecule has 0 saturated heterocycles. The van der Waals surface area contributed by atoms with E-state index in [-0.39, 0.29) is 5.56 Å². The summed E-state index contributed by atoms with van der Waals surface area (Å²) in [6, 6.07) is 2.41. The van der Waals surface area contributed by atoms with E-state index in [0.29, 0.717) is 6.07 Å². The molecule has 1 heterocycles. The molecule has 0 aliphatic carbocycles. The first-order valence-corrected chi connectivity index (χ1v) is 7.21. The Kier molecular flexibility index (Phi) is 5.16. The van der Waals surface area contributed by atoms with Crippen LogP contribution in [0.5, 0.6) is 0 Å². The van der Waals surface area contributed by atoms with E-state index in [2.05, 4.69) is 10.1 Å². The van der Waals surface area contributed by atoms with Gasteiger partial charge in [-0.2, -0.15) is 13.9 Å². The van der Waals surface area contributed by atoms with E-state index in [0.717, 1.165) is 34.8 Å². The summed E-state index contributed by atoms with van der Waals surface area (Å²) >= 11 is 0.727. The van der Waals surface area contributed by atoms with Crippen LogP contribution in [-0.4, -0.2) is 22.9 Å². The second-order valence-corrected chi connectivity index (χ2v) is 5.53. The number of rotatable bonds is 6. The first-order chi connectivity index (χ1) is 10.9. The van der Waals surface area contributed by atoms with Crippen LogP contribution in [0.1, 0.15) is 16.5 Å². The minimum atomic E-state index is -3.52. The highest BCUT2D eigenvalue weighted by Gasteiger charge is 2.46. The summed E-state index contributed by atoms with van der Waals surface area (Å²) in [5, 5.41) is 4.81. The molecule has 0 fully saturated rings. The molecular formula is C13H13F4N5S. The van der Waals surface area contributed by atoms with E-state index in [1.807, 2.05) is 0 Å². The first-order valence-electron chi connectivity index (χ1n) is 6.33. The normalized spacial score (nSPS) is 13.4. The third-order valence-corrected chi connectivity index (χ3v) is 3.96. The zero-order valence-electron chi connectivity index (χ0n) is 11.7. The SMILES string of the molecule is N/N=C\N(N)CC(c1ccc(F)cc1F)C(F)(F)c1nccs1. The molecule has 0 aliphatic heterocycles. The summed E-state index contributed by atoms with van der Waals surface area (Å²) in [6.07, 6.45) is 2.14. The summed E-state index contributed by atoms with van der Waals surface area (Å²) < 4.78 is 56.6. The maximum atomic E-state index is 14.8. The number of nitrogens with two attached hydrogens (primary N) is 2. The number of halogens is 4. The molecule has 2 rings (SSSR count). The van der Waals surface area contributed by atoms with Gasteiger partial charge in [0.2, 0.25) is 0 Å². The second kappa shape index (κ2) is 6.92. The van der Waals surface area contributed by atoms with E-state index in [1.165, 1.54) is 11.6 Å². The minimum absolute atomic E-state index is 0.382. The monoisotopic (exact) mass is 347 g/mol. The maximum Gasteiger partial charge on any atom is 0.307 e. The van der Waals surface area contributed by atoms with Crippen molar-refractivity contribution in [3.05, 3.63) is 52.0 Å². The van der Waals surface area contributed by atoms with Crippen molar-refractivity contribution in [2.75, 3.05) is 6.54 Å². The molecular weight excluding hydrogens is 334 g/mol. The Balaban J connectivity index is 2.47. The van der Waals surface area contributed by atoms with Crippen molar-refractivity contribution in [2.45, 2.75) is 11.8 Å². The number of hydrogen-bond donors (Lipinski definition) is 2. The van der Waals surface area contributed by atoms with E-state index in [4.69, 9.17) is 11.7 Å². The lowest BCUT2D eigenvalue weighted by Gasteiger charge is -2.28. The highest BCUT2D eigenvalue weighted by atomic mass is 32.1. The van der Waals surface area contributed by atoms with Crippen molar-refractivity contribution >= 4 is 17.7 Å². The van der Waals surface area contributed by atoms with E-state index in [1.54, 1.807) is 0 Å². The Bertz CT molecular complexity index is 677. The predicted octanol–water partition coefficient (Wildman–Crippen LogP) is 2.37. The maximum absolute atomic E-state index is 14.8. The third kappa shape index (κ3) is 3.77. The minimum Gasteiger partial charge on any atom is -0.322 e. The van der Waals surface area contributed by atoms with Crippen LogP contribution in [0.4, 0.5) is 17.6 Å². The Morgan fingerprint density at radius 3 is 2.70 bits per heavy atom. The van der Waals surface area contributed by atoms with Crippen LogP contribution in [0.2, 0.25) is 0 Å². The van der Waals surface area contributed by atoms with Crippen LogP contribution >= 0.6 is 11.3 Å². The van der Waals surface area contributed by atoms with Gasteiger partial charge in [0.05, 0.1) is 5.92 Å². The van der Waals surface area contributed by atoms with Crippen LogP contribution < -0.4 is 11.7 Å². The summed E-state index contributed by atoms with van der Waals surface area (Å²) in [4.78, 5) is 3.59. The Labute approximate surface area is 133 Å². The largest absolute Gasteiger partial charge is 0.322 e. The first kappa shape index (κ1) is 17.2. The molecule has 1 atom stereocenters. The van der Waals surface area contributed by atoms with Gasteiger partial charge in [0.25, 0.3) is 0 Å². The fourth-order valence-corrected chi connectivity index (χ4v) is 2.74. The van der Waals surface area contributed by atoms with Gasteiger partial charge >= 0.3 is 5.92 Å². The van der Waals surface area contributed by atoms with Gasteiger partial charge in [0.15, 0.2) is 5.01 Å². The number of hydrogen-bond acceptors (Lipinski definition) is 5. The molecule has 0 saturated carbocycles. The number of aromatic nitrogens is 1. The molecule has 0 spiro atoms. The molecule has 0 amide bonds. The van der Waals surface area contributed by atoms with Gasteiger partial charge in [-0.05, 0) is 11.6 Å². The van der Waals surface area contributed by atoms with Crippen molar-refractivity contribution in [3.8, 4) is 0 Å². The van der Waals surface area contributed by atoms with Crippen LogP contribution in [-0.2, 0) is 5.92 Å². The number of alkyl halides is 2. The predicted molar refractivity (Wildman–Crippen MR) is 78.7 cm³/mol. The molecule has 1 aromatic heterocycles. The van der Waals surface area contributed by atoms with E-state index >= 15 is 0 Å². The van der Waals surface area contributed by atoms with Gasteiger partial charge in [0.1, 0.15) is 18.0 Å². The van der Waals surface area contributed by atoms with Crippen LogP contribution in [0.15, 0.2) is 34.9 Å². The standard InChI is InChI=1S/C13H13F4N5S/c14-8-1-2-9(11(15)5-8)10(6-22(19)7-21-18)13(16,17)12-20-3-4-23-12/h1-5,7,10H,6,18-19H2/b21-7-. The Hall–Kier alpha value is -2.20. The number of nitrogens with zero attached hydrogens (tertiary/aromatic N) is 3. The van der Waals surface area contributed by atoms with Crippen molar-refractivity contribution in [1.82, 2.24) is 9.99 Å². The zero-order chi connectivity index (χ0) is 17.0. The molecule has 2 aromatic rings. The lowest BCUT2D eigenvalue weighted by Crippen LogP contribution is -2.40. The fourth-order valence-electron chi connectivity index (χ4n) is 2.07. The number of hydrazone groups is 1. The zero-order valence-corrected chi connectivity index (χ0v) is 12.5. The molecule has 4 N–H and O–H groups in total. The van der Waals surface area contributed by atoms with Crippen molar-refractivity contribution in [2.24, 2.45) is 16.8 Å². The van der Waals surface area contributed by atoms with Gasteiger partial charge in [0, 0.05) is 24.2 Å². The molecule has 0 aliphatic rings. The summed E-state index contributed by atoms with van der Waals surface area (Å²) in [6.45, 7) is -0.504. The van der Waals surface area contributed by atoms with Crippen molar-refractivity contribution in [3.63, 3.8) is 0 Å². The highest BCUT2D eigenvalue weighted by Crippen LogP contribution is 2.43. The van der Waals surface area contributed by atoms with Crippen LogP contribution in [0.25, 0.3) is 0 Å². The quantitative estimate of drug-likeness (QED) is 0.276. The summed E-state index contributed by atoms with van der Waals surface area (Å²) in [5.74, 6) is 3.24. The van der Waals surface area contributed by atoms with Gasteiger partial charge in [-0.3, -0.25) is 5.01 Å². The Morgan fingerprint density at radius 2 is 2.13 bits per heavy atom. The lowest BCUT2D eigenvalue weighted by atomic mass is 9.91. The molecule has 23 heavy (non-hydrogen) atoms. The molecule has 5 nitrogen and oxygen atoms in total. The average Bonchev–Trinajstić information content (AvgIpc) is 3.00. The van der Waals surface area contributed by atoms with Crippen LogP contribution in [0.3, 0.4) is 0 Å². The van der Waals surface area contributed by atoms with E-state index < -0.39 is 35.0 Å². The van der Waals surface area contributed by atoms with Gasteiger partial charge in [-0.1, -0.05) is 6.07 Å². The average molecular weight is 347 g/mol. The third-order valence-electron chi connectivity index (χ3n) is 3.10. The summed E-state index contributed by atoms with van der Waals surface area (Å²) in [5.41, 5.74) is -0.382. The molecule has 0 radical (unpaired) electrons. The second-order valence-electron chi connectivity index (χ2n) is 4.64. The van der Waals surface area contributed by atoms with Gasteiger partial charge in [-0.15, -0.1) is 11.3 Å². The molecule has 1 unspecified atom stereocenters. The lowest BCUT2D eigenvalue weighted by molar-refractivity contribution is -0.0404. The number of benzene rings is 1. The fraction of sp³-hybridized carbons (Fsp3) is 0.231. The van der Waals surface area contributed by atoms with Gasteiger partial charge < -0.3 is 5.84 Å². The Morgan fingerprint density at radius 1 is 1.39 bits per heavy atom. The van der Waals surface area contributed by atoms with Crippen LogP contribution in [0, 0.1) is 11.6 Å². The molecule has 0 bridgehead atoms. The number of thiazole rings is 1. The molecule has 1 aromatic carbocycles. The molecule has 10 heteroatoms. The van der Waals surface area contributed by atoms with Crippen molar-refractivity contribution < 1.29 is 17.6 Å². The number of hydrazine groups is 1. The summed E-state index contributed by atoms with van der Waals surface area (Å²) in [7, 11) is 0. The smallest absolute Gasteiger partial charge is 0.307 e. The topological polar surface area (TPSA) is 80.5 Å². The van der Waals surface area contributed by atoms with E-state index in [9.17, 15) is 17.6 Å².